The first-order valence-corrected chi connectivity index (χ1v) is 5.53. The maximum absolute atomic E-state index is 13.0. The van der Waals surface area contributed by atoms with Crippen molar-refractivity contribution in [2.45, 2.75) is 6.61 Å². The summed E-state index contributed by atoms with van der Waals surface area (Å²) in [4.78, 5) is 7.76. The third-order valence-electron chi connectivity index (χ3n) is 1.96. The zero-order valence-corrected chi connectivity index (χ0v) is 10.2. The lowest BCUT2D eigenvalue weighted by Crippen LogP contribution is -1.94. The first-order chi connectivity index (χ1) is 8.19. The van der Waals surface area contributed by atoms with Gasteiger partial charge >= 0.3 is 6.01 Å². The van der Waals surface area contributed by atoms with Crippen LogP contribution in [-0.2, 0) is 6.61 Å². The van der Waals surface area contributed by atoms with Gasteiger partial charge in [-0.25, -0.2) is 14.4 Å². The molecule has 0 saturated heterocycles. The number of aliphatic hydroxyl groups excluding tert-OH is 1. The van der Waals surface area contributed by atoms with E-state index in [-0.39, 0.29) is 12.6 Å². The largest absolute Gasteiger partial charge is 0.423 e. The van der Waals surface area contributed by atoms with Crippen LogP contribution in [-0.4, -0.2) is 15.1 Å². The molecular weight excluding hydrogens is 291 g/mol. The Kier molecular flexibility index (Phi) is 3.65. The number of rotatable bonds is 3. The van der Waals surface area contributed by atoms with Gasteiger partial charge in [0.25, 0.3) is 0 Å². The zero-order chi connectivity index (χ0) is 12.3. The van der Waals surface area contributed by atoms with Crippen molar-refractivity contribution in [2.75, 3.05) is 0 Å². The molecular formula is C11H8BrFN2O2. The molecule has 0 spiro atoms. The summed E-state index contributed by atoms with van der Waals surface area (Å²) in [5.41, 5.74) is 0.579. The van der Waals surface area contributed by atoms with Crippen LogP contribution < -0.4 is 4.74 Å². The molecule has 1 heterocycles. The van der Waals surface area contributed by atoms with Gasteiger partial charge in [0, 0.05) is 24.0 Å². The maximum Gasteiger partial charge on any atom is 0.321 e. The van der Waals surface area contributed by atoms with E-state index in [0.29, 0.717) is 15.8 Å². The van der Waals surface area contributed by atoms with Gasteiger partial charge in [0.2, 0.25) is 0 Å². The van der Waals surface area contributed by atoms with Crippen molar-refractivity contribution >= 4 is 15.9 Å². The van der Waals surface area contributed by atoms with E-state index in [1.54, 1.807) is 0 Å². The lowest BCUT2D eigenvalue weighted by Gasteiger charge is -2.05. The third-order valence-corrected chi connectivity index (χ3v) is 2.61. The normalized spacial score (nSPS) is 10.3. The summed E-state index contributed by atoms with van der Waals surface area (Å²) in [5.74, 6) is -0.114. The smallest absolute Gasteiger partial charge is 0.321 e. The van der Waals surface area contributed by atoms with E-state index >= 15 is 0 Å². The molecule has 17 heavy (non-hydrogen) atoms. The summed E-state index contributed by atoms with van der Waals surface area (Å²) < 4.78 is 18.9. The van der Waals surface area contributed by atoms with E-state index < -0.39 is 5.82 Å². The van der Waals surface area contributed by atoms with Crippen molar-refractivity contribution in [1.82, 2.24) is 9.97 Å². The Morgan fingerprint density at radius 2 is 2.00 bits per heavy atom. The Balaban J connectivity index is 2.22. The molecule has 0 bridgehead atoms. The Morgan fingerprint density at radius 1 is 1.29 bits per heavy atom. The highest BCUT2D eigenvalue weighted by atomic mass is 79.9. The monoisotopic (exact) mass is 298 g/mol. The summed E-state index contributed by atoms with van der Waals surface area (Å²) in [6.45, 7) is -0.135. The number of ether oxygens (including phenoxy) is 1. The van der Waals surface area contributed by atoms with Crippen molar-refractivity contribution in [1.29, 1.82) is 0 Å². The van der Waals surface area contributed by atoms with Crippen LogP contribution in [0.3, 0.4) is 0 Å². The summed E-state index contributed by atoms with van der Waals surface area (Å²) in [6, 6.07) is 4.17. The molecule has 1 N–H and O–H groups in total. The molecule has 1 aromatic heterocycles. The number of benzene rings is 1. The van der Waals surface area contributed by atoms with Crippen molar-refractivity contribution in [3.8, 4) is 11.8 Å². The highest BCUT2D eigenvalue weighted by Crippen LogP contribution is 2.28. The molecule has 2 rings (SSSR count). The van der Waals surface area contributed by atoms with E-state index in [9.17, 15) is 4.39 Å². The fourth-order valence-corrected chi connectivity index (χ4v) is 1.46. The molecule has 88 valence electrons. The lowest BCUT2D eigenvalue weighted by molar-refractivity contribution is 0.280. The second-order valence-electron chi connectivity index (χ2n) is 3.21. The average Bonchev–Trinajstić information content (AvgIpc) is 2.35. The molecule has 6 heteroatoms. The maximum atomic E-state index is 13.0. The number of aromatic nitrogens is 2. The van der Waals surface area contributed by atoms with E-state index in [1.165, 1.54) is 30.6 Å². The van der Waals surface area contributed by atoms with Gasteiger partial charge in [-0.05, 0) is 28.1 Å². The van der Waals surface area contributed by atoms with Crippen LogP contribution in [0.2, 0.25) is 0 Å². The van der Waals surface area contributed by atoms with E-state index in [1.807, 2.05) is 0 Å². The molecule has 0 atom stereocenters. The predicted octanol–water partition coefficient (Wildman–Crippen LogP) is 2.66. The minimum absolute atomic E-state index is 0.0912. The first kappa shape index (κ1) is 11.9. The van der Waals surface area contributed by atoms with Crippen molar-refractivity contribution < 1.29 is 14.2 Å². The molecule has 0 fully saturated rings. The van der Waals surface area contributed by atoms with Gasteiger partial charge in [0.05, 0.1) is 11.1 Å². The molecule has 0 unspecified atom stereocenters. The molecule has 1 aromatic carbocycles. The fraction of sp³-hybridized carbons (Fsp3) is 0.0909. The van der Waals surface area contributed by atoms with Gasteiger partial charge in [-0.1, -0.05) is 0 Å². The lowest BCUT2D eigenvalue weighted by atomic mass is 10.3. The standard InChI is InChI=1S/C11H8BrFN2O2/c12-9-2-1-8(13)3-10(9)17-11-14-4-7(6-16)5-15-11/h1-5,16H,6H2. The molecule has 0 saturated carbocycles. The predicted molar refractivity (Wildman–Crippen MR) is 62.1 cm³/mol. The molecule has 0 aliphatic heterocycles. The third kappa shape index (κ3) is 2.98. The highest BCUT2D eigenvalue weighted by molar-refractivity contribution is 9.10. The number of hydrogen-bond donors (Lipinski definition) is 1. The summed E-state index contributed by atoms with van der Waals surface area (Å²) in [5, 5.41) is 8.82. The van der Waals surface area contributed by atoms with Crippen molar-refractivity contribution in [3.63, 3.8) is 0 Å². The van der Waals surface area contributed by atoms with E-state index in [4.69, 9.17) is 9.84 Å². The summed E-state index contributed by atoms with van der Waals surface area (Å²) in [7, 11) is 0. The topological polar surface area (TPSA) is 55.2 Å². The highest BCUT2D eigenvalue weighted by Gasteiger charge is 2.06. The second kappa shape index (κ2) is 5.20. The molecule has 0 aliphatic carbocycles. The van der Waals surface area contributed by atoms with Crippen LogP contribution in [0.5, 0.6) is 11.8 Å². The second-order valence-corrected chi connectivity index (χ2v) is 4.06. The quantitative estimate of drug-likeness (QED) is 0.946. The number of aliphatic hydroxyl groups is 1. The average molecular weight is 299 g/mol. The van der Waals surface area contributed by atoms with Crippen LogP contribution in [0.1, 0.15) is 5.56 Å². The fourth-order valence-electron chi connectivity index (χ4n) is 1.13. The van der Waals surface area contributed by atoms with Gasteiger partial charge in [-0.3, -0.25) is 0 Å². The van der Waals surface area contributed by atoms with Gasteiger partial charge in [0.15, 0.2) is 0 Å². The van der Waals surface area contributed by atoms with Crippen LogP contribution >= 0.6 is 15.9 Å². The molecule has 0 radical (unpaired) electrons. The summed E-state index contributed by atoms with van der Waals surface area (Å²) >= 11 is 3.23. The Bertz CT molecular complexity index is 519. The Morgan fingerprint density at radius 3 is 2.65 bits per heavy atom. The number of hydrogen-bond acceptors (Lipinski definition) is 4. The van der Waals surface area contributed by atoms with Gasteiger partial charge in [-0.2, -0.15) is 0 Å². The number of nitrogens with zero attached hydrogens (tertiary/aromatic N) is 2. The SMILES string of the molecule is OCc1cnc(Oc2cc(F)ccc2Br)nc1. The van der Waals surface area contributed by atoms with Crippen molar-refractivity contribution in [2.24, 2.45) is 0 Å². The van der Waals surface area contributed by atoms with Crippen LogP contribution in [0.4, 0.5) is 4.39 Å². The van der Waals surface area contributed by atoms with Crippen LogP contribution in [0.25, 0.3) is 0 Å². The van der Waals surface area contributed by atoms with Crippen molar-refractivity contribution in [3.05, 3.63) is 46.4 Å². The van der Waals surface area contributed by atoms with Crippen LogP contribution in [0, 0.1) is 5.82 Å². The molecule has 0 amide bonds. The van der Waals surface area contributed by atoms with E-state index in [2.05, 4.69) is 25.9 Å². The minimum atomic E-state index is -0.407. The Hall–Kier alpha value is -1.53. The van der Waals surface area contributed by atoms with Gasteiger partial charge in [0.1, 0.15) is 11.6 Å². The van der Waals surface area contributed by atoms with E-state index in [0.717, 1.165) is 0 Å². The summed E-state index contributed by atoms with van der Waals surface area (Å²) in [6.07, 6.45) is 2.88. The zero-order valence-electron chi connectivity index (χ0n) is 8.60. The Labute approximate surface area is 105 Å². The first-order valence-electron chi connectivity index (χ1n) is 4.73. The number of halogens is 2. The molecule has 2 aromatic rings. The molecule has 0 aliphatic rings. The minimum Gasteiger partial charge on any atom is -0.423 e. The molecule has 4 nitrogen and oxygen atoms in total. The van der Waals surface area contributed by atoms with Crippen LogP contribution in [0.15, 0.2) is 35.1 Å². The van der Waals surface area contributed by atoms with Gasteiger partial charge in [-0.15, -0.1) is 0 Å². The van der Waals surface area contributed by atoms with Gasteiger partial charge < -0.3 is 9.84 Å².